The molecule has 1 aliphatic rings. The summed E-state index contributed by atoms with van der Waals surface area (Å²) in [7, 11) is 0. The second-order valence-corrected chi connectivity index (χ2v) is 7.85. The largest absolute Gasteiger partial charge is 0.339 e. The Balaban J connectivity index is 1.58. The highest BCUT2D eigenvalue weighted by Crippen LogP contribution is 2.22. The third-order valence-corrected chi connectivity index (χ3v) is 5.74. The summed E-state index contributed by atoms with van der Waals surface area (Å²) in [5.74, 6) is -0.0456. The van der Waals surface area contributed by atoms with Crippen molar-refractivity contribution in [2.45, 2.75) is 25.8 Å². The first-order valence-electron chi connectivity index (χ1n) is 10.8. The second-order valence-electron chi connectivity index (χ2n) is 7.85. The molecule has 0 bridgehead atoms. The first-order valence-corrected chi connectivity index (χ1v) is 10.8. The van der Waals surface area contributed by atoms with Crippen molar-refractivity contribution in [1.82, 2.24) is 14.8 Å². The summed E-state index contributed by atoms with van der Waals surface area (Å²) >= 11 is 0. The molecular formula is C26H27N3O2. The summed E-state index contributed by atoms with van der Waals surface area (Å²) < 4.78 is 0. The fourth-order valence-electron chi connectivity index (χ4n) is 4.11. The zero-order chi connectivity index (χ0) is 21.6. The predicted octanol–water partition coefficient (Wildman–Crippen LogP) is 4.05. The number of hydrogen-bond acceptors (Lipinski definition) is 3. The molecule has 1 saturated heterocycles. The molecule has 1 aromatic heterocycles. The van der Waals surface area contributed by atoms with E-state index in [1.165, 1.54) is 0 Å². The van der Waals surface area contributed by atoms with Crippen LogP contribution in [0.25, 0.3) is 11.1 Å². The molecule has 2 amide bonds. The van der Waals surface area contributed by atoms with Crippen LogP contribution in [0.5, 0.6) is 0 Å². The lowest BCUT2D eigenvalue weighted by Crippen LogP contribution is -2.59. The van der Waals surface area contributed by atoms with Crippen molar-refractivity contribution in [3.63, 3.8) is 0 Å². The predicted molar refractivity (Wildman–Crippen MR) is 122 cm³/mol. The van der Waals surface area contributed by atoms with Crippen molar-refractivity contribution in [3.8, 4) is 11.1 Å². The van der Waals surface area contributed by atoms with E-state index in [1.807, 2.05) is 77.8 Å². The average molecular weight is 414 g/mol. The van der Waals surface area contributed by atoms with Gasteiger partial charge >= 0.3 is 0 Å². The Kier molecular flexibility index (Phi) is 6.41. The van der Waals surface area contributed by atoms with E-state index in [4.69, 9.17) is 0 Å². The summed E-state index contributed by atoms with van der Waals surface area (Å²) in [4.78, 5) is 34.3. The van der Waals surface area contributed by atoms with Crippen molar-refractivity contribution >= 4 is 11.8 Å². The highest BCUT2D eigenvalue weighted by atomic mass is 16.2. The maximum atomic E-state index is 13.3. The number of pyridine rings is 1. The first-order chi connectivity index (χ1) is 15.2. The molecular weight excluding hydrogens is 386 g/mol. The molecule has 0 spiro atoms. The van der Waals surface area contributed by atoms with Crippen LogP contribution in [0.1, 0.15) is 29.3 Å². The van der Waals surface area contributed by atoms with Crippen LogP contribution < -0.4 is 0 Å². The molecule has 5 nitrogen and oxygen atoms in total. The van der Waals surface area contributed by atoms with Crippen molar-refractivity contribution in [2.75, 3.05) is 19.6 Å². The Morgan fingerprint density at radius 1 is 0.968 bits per heavy atom. The molecule has 0 N–H and O–H groups in total. The van der Waals surface area contributed by atoms with Gasteiger partial charge in [0.05, 0.1) is 0 Å². The van der Waals surface area contributed by atoms with Gasteiger partial charge in [-0.3, -0.25) is 14.6 Å². The van der Waals surface area contributed by atoms with E-state index in [1.54, 1.807) is 11.1 Å². The molecule has 2 aromatic carbocycles. The minimum absolute atomic E-state index is 0.0358. The maximum Gasteiger partial charge on any atom is 0.254 e. The summed E-state index contributed by atoms with van der Waals surface area (Å²) in [6, 6.07) is 20.9. The average Bonchev–Trinajstić information content (AvgIpc) is 2.83. The van der Waals surface area contributed by atoms with Gasteiger partial charge < -0.3 is 9.80 Å². The van der Waals surface area contributed by atoms with E-state index in [0.29, 0.717) is 25.1 Å². The Morgan fingerprint density at radius 3 is 2.42 bits per heavy atom. The summed E-state index contributed by atoms with van der Waals surface area (Å²) in [6.07, 6.45) is 5.01. The monoisotopic (exact) mass is 413 g/mol. The van der Waals surface area contributed by atoms with Gasteiger partial charge in [0, 0.05) is 44.0 Å². The van der Waals surface area contributed by atoms with Gasteiger partial charge in [-0.1, -0.05) is 55.5 Å². The molecule has 1 atom stereocenters. The normalized spacial score (nSPS) is 16.4. The zero-order valence-corrected chi connectivity index (χ0v) is 17.8. The molecule has 2 heterocycles. The third-order valence-electron chi connectivity index (χ3n) is 5.74. The van der Waals surface area contributed by atoms with Crippen LogP contribution in [0, 0.1) is 0 Å². The van der Waals surface area contributed by atoms with E-state index in [9.17, 15) is 9.59 Å². The minimum atomic E-state index is -0.489. The smallest absolute Gasteiger partial charge is 0.254 e. The fourth-order valence-corrected chi connectivity index (χ4v) is 4.11. The number of benzene rings is 2. The van der Waals surface area contributed by atoms with Gasteiger partial charge in [0.25, 0.3) is 5.91 Å². The summed E-state index contributed by atoms with van der Waals surface area (Å²) in [6.45, 7) is 3.93. The molecule has 0 aliphatic carbocycles. The molecule has 3 aromatic rings. The number of piperazine rings is 1. The van der Waals surface area contributed by atoms with Crippen LogP contribution >= 0.6 is 0 Å². The molecule has 5 heteroatoms. The highest BCUT2D eigenvalue weighted by Gasteiger charge is 2.37. The second kappa shape index (κ2) is 9.56. The Bertz CT molecular complexity index is 1020. The van der Waals surface area contributed by atoms with Gasteiger partial charge in [-0.15, -0.1) is 0 Å². The van der Waals surface area contributed by atoms with Gasteiger partial charge in [-0.05, 0) is 41.3 Å². The molecule has 4 rings (SSSR count). The Morgan fingerprint density at radius 2 is 1.74 bits per heavy atom. The van der Waals surface area contributed by atoms with Gasteiger partial charge in [0.2, 0.25) is 5.91 Å². The molecule has 31 heavy (non-hydrogen) atoms. The minimum Gasteiger partial charge on any atom is -0.339 e. The van der Waals surface area contributed by atoms with Crippen molar-refractivity contribution < 1.29 is 9.59 Å². The molecule has 0 radical (unpaired) electrons. The highest BCUT2D eigenvalue weighted by molar-refractivity contribution is 5.98. The zero-order valence-electron chi connectivity index (χ0n) is 17.8. The quantitative estimate of drug-likeness (QED) is 0.613. The molecule has 1 fully saturated rings. The van der Waals surface area contributed by atoms with E-state index < -0.39 is 6.04 Å². The number of carbonyl (C=O) groups is 2. The summed E-state index contributed by atoms with van der Waals surface area (Å²) in [5, 5.41) is 0. The molecule has 0 saturated carbocycles. The standard InChI is InChI=1S/C26H27N3O2/c1-2-15-28-16-17-29(25(30)22-7-4-3-5-8-22)24(26(28)31)18-20-10-12-21(13-11-20)23-9-6-14-27-19-23/h3-14,19,24H,2,15-18H2,1H3/t24-/m0/s1. The number of nitrogens with zero attached hydrogens (tertiary/aromatic N) is 3. The number of carbonyl (C=O) groups excluding carboxylic acids is 2. The van der Waals surface area contributed by atoms with E-state index in [0.717, 1.165) is 29.7 Å². The fraction of sp³-hybridized carbons (Fsp3) is 0.269. The molecule has 1 aliphatic heterocycles. The molecule has 158 valence electrons. The maximum absolute atomic E-state index is 13.3. The van der Waals surface area contributed by atoms with Gasteiger partial charge in [0.15, 0.2) is 0 Å². The van der Waals surface area contributed by atoms with E-state index in [2.05, 4.69) is 11.9 Å². The van der Waals surface area contributed by atoms with Gasteiger partial charge in [-0.2, -0.15) is 0 Å². The van der Waals surface area contributed by atoms with E-state index in [-0.39, 0.29) is 11.8 Å². The number of aromatic nitrogens is 1. The van der Waals surface area contributed by atoms with Crippen LogP contribution in [-0.2, 0) is 11.2 Å². The Hall–Kier alpha value is -3.47. The van der Waals surface area contributed by atoms with Crippen molar-refractivity contribution in [2.24, 2.45) is 0 Å². The van der Waals surface area contributed by atoms with Crippen LogP contribution in [0.4, 0.5) is 0 Å². The van der Waals surface area contributed by atoms with Crippen LogP contribution in [0.2, 0.25) is 0 Å². The Labute approximate surface area is 183 Å². The van der Waals surface area contributed by atoms with Crippen LogP contribution in [-0.4, -0.2) is 52.3 Å². The first kappa shape index (κ1) is 20.8. The number of amides is 2. The van der Waals surface area contributed by atoms with Crippen LogP contribution in [0.3, 0.4) is 0 Å². The van der Waals surface area contributed by atoms with Gasteiger partial charge in [-0.25, -0.2) is 0 Å². The summed E-state index contributed by atoms with van der Waals surface area (Å²) in [5.41, 5.74) is 3.79. The SMILES string of the molecule is CCCN1CCN(C(=O)c2ccccc2)[C@@H](Cc2ccc(-c3cccnc3)cc2)C1=O. The molecule has 0 unspecified atom stereocenters. The van der Waals surface area contributed by atoms with Crippen LogP contribution in [0.15, 0.2) is 79.1 Å². The third kappa shape index (κ3) is 4.66. The van der Waals surface area contributed by atoms with Crippen molar-refractivity contribution in [1.29, 1.82) is 0 Å². The lowest BCUT2D eigenvalue weighted by atomic mass is 9.98. The number of hydrogen-bond donors (Lipinski definition) is 0. The lowest BCUT2D eigenvalue weighted by Gasteiger charge is -2.41. The topological polar surface area (TPSA) is 53.5 Å². The van der Waals surface area contributed by atoms with Gasteiger partial charge in [0.1, 0.15) is 6.04 Å². The lowest BCUT2D eigenvalue weighted by molar-refractivity contribution is -0.140. The van der Waals surface area contributed by atoms with Crippen molar-refractivity contribution in [3.05, 3.63) is 90.3 Å². The van der Waals surface area contributed by atoms with E-state index >= 15 is 0 Å². The number of rotatable bonds is 6.